The molecule has 13 heteroatoms. The van der Waals surface area contributed by atoms with Crippen molar-refractivity contribution in [2.75, 3.05) is 27.6 Å². The number of benzene rings is 2. The first-order chi connectivity index (χ1) is 16.8. The Morgan fingerprint density at radius 2 is 1.63 bits per heavy atom. The van der Waals surface area contributed by atoms with Crippen molar-refractivity contribution in [3.8, 4) is 45.4 Å². The highest BCUT2D eigenvalue weighted by atomic mass is 32.2. The van der Waals surface area contributed by atoms with E-state index in [-0.39, 0.29) is 5.75 Å². The zero-order valence-electron chi connectivity index (χ0n) is 19.2. The van der Waals surface area contributed by atoms with Gasteiger partial charge in [0.05, 0.1) is 27.0 Å². The molecule has 2 N–H and O–H groups in total. The topological polar surface area (TPSA) is 120 Å². The second-order valence-electron chi connectivity index (χ2n) is 6.63. The maximum Gasteiger partial charge on any atom is 0.524 e. The Morgan fingerprint density at radius 3 is 2.11 bits per heavy atom. The predicted octanol–water partition coefficient (Wildman–Crippen LogP) is 5.84. The van der Waals surface area contributed by atoms with Crippen LogP contribution in [0.15, 0.2) is 58.3 Å². The number of hydrogen-bond donors (Lipinski definition) is 2. The first-order valence-electron chi connectivity index (χ1n) is 9.84. The van der Waals surface area contributed by atoms with Crippen molar-refractivity contribution in [2.24, 2.45) is 0 Å². The molecular weight excluding hydrogens is 531 g/mol. The summed E-state index contributed by atoms with van der Waals surface area (Å²) in [4.78, 5) is 19.1. The lowest BCUT2D eigenvalue weighted by Gasteiger charge is -2.15. The molecule has 2 aromatic carbocycles. The van der Waals surface area contributed by atoms with E-state index in [2.05, 4.69) is 8.75 Å². The van der Waals surface area contributed by atoms with E-state index in [1.807, 2.05) is 22.9 Å². The lowest BCUT2D eigenvalue weighted by Crippen LogP contribution is -1.96. The Bertz CT molecular complexity index is 1250. The van der Waals surface area contributed by atoms with Crippen LogP contribution in [0.25, 0.3) is 22.4 Å². The average molecular weight is 555 g/mol. The number of ether oxygens (including phenoxy) is 3. The third-order valence-electron chi connectivity index (χ3n) is 4.55. The fourth-order valence-corrected chi connectivity index (χ4v) is 5.13. The monoisotopic (exact) mass is 554 g/mol. The summed E-state index contributed by atoms with van der Waals surface area (Å²) in [6.45, 7) is 0. The molecule has 9 nitrogen and oxygen atoms in total. The summed E-state index contributed by atoms with van der Waals surface area (Å²) in [5.74, 6) is 1.57. The molecule has 0 bridgehead atoms. The summed E-state index contributed by atoms with van der Waals surface area (Å²) in [6, 6.07) is 10.7. The van der Waals surface area contributed by atoms with Crippen molar-refractivity contribution in [3.63, 3.8) is 0 Å². The zero-order chi connectivity index (χ0) is 25.4. The Kier molecular flexibility index (Phi) is 9.55. The molecular formula is C22H23N2O7PS3. The van der Waals surface area contributed by atoms with Gasteiger partial charge in [-0.25, -0.2) is 8.94 Å². The lowest BCUT2D eigenvalue weighted by molar-refractivity contribution is 0.281. The van der Waals surface area contributed by atoms with Crippen LogP contribution >= 0.6 is 42.6 Å². The number of nitrogens with zero attached hydrogens (tertiary/aromatic N) is 2. The maximum absolute atomic E-state index is 11.4. The van der Waals surface area contributed by atoms with Gasteiger partial charge in [0.25, 0.3) is 0 Å². The summed E-state index contributed by atoms with van der Waals surface area (Å²) >= 11 is 4.05. The molecule has 186 valence electrons. The Balaban J connectivity index is 0.000000607. The molecule has 0 radical (unpaired) electrons. The second-order valence-corrected chi connectivity index (χ2v) is 9.96. The molecule has 2 heterocycles. The number of rotatable bonds is 8. The summed E-state index contributed by atoms with van der Waals surface area (Å²) in [6.07, 6.45) is 3.57. The van der Waals surface area contributed by atoms with Crippen molar-refractivity contribution in [3.05, 3.63) is 53.4 Å². The molecule has 0 fully saturated rings. The van der Waals surface area contributed by atoms with Gasteiger partial charge in [0.1, 0.15) is 5.75 Å². The minimum absolute atomic E-state index is 0.107. The summed E-state index contributed by atoms with van der Waals surface area (Å²) < 4.78 is 40.8. The van der Waals surface area contributed by atoms with Crippen LogP contribution in [0.5, 0.6) is 23.0 Å². The third-order valence-corrected chi connectivity index (χ3v) is 6.91. The van der Waals surface area contributed by atoms with E-state index in [9.17, 15) is 14.4 Å². The van der Waals surface area contributed by atoms with Gasteiger partial charge in [0.2, 0.25) is 5.75 Å². The molecule has 0 amide bonds. The smallest absolute Gasteiger partial charge is 0.493 e. The molecule has 4 rings (SSSR count). The number of phosphoric ester groups is 1. The fraction of sp³-hybridized carbons (Fsp3) is 0.182. The van der Waals surface area contributed by atoms with E-state index < -0.39 is 7.82 Å². The van der Waals surface area contributed by atoms with Crippen LogP contribution in [0.4, 0.5) is 0 Å². The van der Waals surface area contributed by atoms with Crippen molar-refractivity contribution >= 4 is 42.6 Å². The van der Waals surface area contributed by atoms with Crippen LogP contribution in [0.1, 0.15) is 0 Å². The van der Waals surface area contributed by atoms with E-state index in [0.29, 0.717) is 33.4 Å². The first kappa shape index (κ1) is 27.0. The quantitative estimate of drug-likeness (QED) is 0.203. The van der Waals surface area contributed by atoms with Crippen LogP contribution in [-0.2, 0) is 4.57 Å². The Hall–Kier alpha value is -2.60. The van der Waals surface area contributed by atoms with Crippen LogP contribution in [-0.4, -0.2) is 46.1 Å². The summed E-state index contributed by atoms with van der Waals surface area (Å²) in [5.41, 5.74) is 2.89. The van der Waals surface area contributed by atoms with Gasteiger partial charge in [-0.05, 0) is 65.2 Å². The van der Waals surface area contributed by atoms with Crippen LogP contribution < -0.4 is 18.7 Å². The van der Waals surface area contributed by atoms with E-state index >= 15 is 0 Å². The Labute approximate surface area is 215 Å². The molecule has 4 aromatic rings. The Morgan fingerprint density at radius 1 is 0.943 bits per heavy atom. The average Bonchev–Trinajstić information content (AvgIpc) is 3.57. The van der Waals surface area contributed by atoms with Crippen molar-refractivity contribution in [1.29, 1.82) is 0 Å². The molecule has 0 aliphatic carbocycles. The molecule has 0 saturated heterocycles. The van der Waals surface area contributed by atoms with E-state index in [4.69, 9.17) is 18.7 Å². The molecule has 0 aliphatic rings. The van der Waals surface area contributed by atoms with Gasteiger partial charge >= 0.3 is 7.82 Å². The van der Waals surface area contributed by atoms with Crippen LogP contribution in [0.2, 0.25) is 0 Å². The van der Waals surface area contributed by atoms with Crippen LogP contribution in [0, 0.1) is 0 Å². The number of hydrogen-bond acceptors (Lipinski definition) is 10. The summed E-state index contributed by atoms with van der Waals surface area (Å²) in [5, 5.41) is 3.79. The fourth-order valence-electron chi connectivity index (χ4n) is 3.09. The molecule has 0 atom stereocenters. The van der Waals surface area contributed by atoms with E-state index in [0.717, 1.165) is 11.1 Å². The molecule has 0 saturated carbocycles. The molecule has 0 unspecified atom stereocenters. The van der Waals surface area contributed by atoms with Crippen molar-refractivity contribution in [1.82, 2.24) is 8.75 Å². The number of methoxy groups -OCH3 is 3. The second kappa shape index (κ2) is 12.4. The SMILES string of the molecule is COc1cc(-c2nscc2-c2ccc(SC)c(OP(=O)(O)O)c2)cc(OC)c1OC.c1cnsc1. The van der Waals surface area contributed by atoms with Crippen LogP contribution in [0.3, 0.4) is 0 Å². The minimum Gasteiger partial charge on any atom is -0.493 e. The third kappa shape index (κ3) is 6.97. The maximum atomic E-state index is 11.4. The normalized spacial score (nSPS) is 10.8. The van der Waals surface area contributed by atoms with Gasteiger partial charge in [0.15, 0.2) is 11.5 Å². The highest BCUT2D eigenvalue weighted by molar-refractivity contribution is 7.98. The standard InChI is InChI=1S/C19H20NO7PS2.C3H3NS/c1-24-15-8-12(9-16(25-2)19(15)26-3)18-13(10-30-20-18)11-5-6-17(29-4)14(7-11)27-28(21,22)23;1-2-4-5-3-1/h5-10H,1-4H3,(H2,21,22,23);1-3H. The van der Waals surface area contributed by atoms with Gasteiger partial charge in [0, 0.05) is 33.0 Å². The molecule has 2 aromatic heterocycles. The largest absolute Gasteiger partial charge is 0.524 e. The number of aromatic nitrogens is 2. The molecule has 0 aliphatic heterocycles. The van der Waals surface area contributed by atoms with Gasteiger partial charge in [-0.15, -0.1) is 11.8 Å². The van der Waals surface area contributed by atoms with Crippen molar-refractivity contribution in [2.45, 2.75) is 4.90 Å². The van der Waals surface area contributed by atoms with Crippen molar-refractivity contribution < 1.29 is 33.1 Å². The minimum atomic E-state index is -4.70. The molecule has 35 heavy (non-hydrogen) atoms. The summed E-state index contributed by atoms with van der Waals surface area (Å²) in [7, 11) is -0.0911. The highest BCUT2D eigenvalue weighted by Gasteiger charge is 2.21. The number of thioether (sulfide) groups is 1. The van der Waals surface area contributed by atoms with Gasteiger partial charge in [-0.3, -0.25) is 9.79 Å². The first-order valence-corrected chi connectivity index (χ1v) is 14.3. The van der Waals surface area contributed by atoms with E-state index in [1.165, 1.54) is 56.2 Å². The zero-order valence-corrected chi connectivity index (χ0v) is 22.5. The lowest BCUT2D eigenvalue weighted by atomic mass is 10.0. The molecule has 0 spiro atoms. The van der Waals surface area contributed by atoms with Gasteiger partial charge in [-0.2, -0.15) is 4.37 Å². The predicted molar refractivity (Wildman–Crippen MR) is 139 cm³/mol. The number of phosphoric acid groups is 1. The van der Waals surface area contributed by atoms with Gasteiger partial charge in [-0.1, -0.05) is 6.07 Å². The van der Waals surface area contributed by atoms with E-state index in [1.54, 1.807) is 36.7 Å². The highest BCUT2D eigenvalue weighted by Crippen LogP contribution is 2.46. The van der Waals surface area contributed by atoms with Gasteiger partial charge < -0.3 is 18.7 Å².